The predicted molar refractivity (Wildman–Crippen MR) is 83.2 cm³/mol. The largest absolute Gasteiger partial charge is 0.352 e. The molecule has 0 bridgehead atoms. The third-order valence-electron chi connectivity index (χ3n) is 2.82. The molecule has 0 fully saturated rings. The van der Waals surface area contributed by atoms with E-state index in [0.29, 0.717) is 6.54 Å². The molecule has 0 aliphatic heterocycles. The number of nitrogens with one attached hydrogen (secondary N) is 2. The maximum Gasteiger partial charge on any atom is 0.244 e. The molecule has 1 aromatic heterocycles. The van der Waals surface area contributed by atoms with Gasteiger partial charge in [0.05, 0.1) is 6.33 Å². The van der Waals surface area contributed by atoms with Gasteiger partial charge in [-0.3, -0.25) is 4.79 Å². The third-order valence-corrected chi connectivity index (χ3v) is 3.51. The molecule has 0 saturated carbocycles. The molecule has 0 spiro atoms. The molecule has 2 N–H and O–H groups in total. The highest BCUT2D eigenvalue weighted by atomic mass is 79.9. The van der Waals surface area contributed by atoms with Gasteiger partial charge in [-0.15, -0.1) is 0 Å². The zero-order valence-corrected chi connectivity index (χ0v) is 12.8. The number of hydrogen-bond acceptors (Lipinski definition) is 2. The molecule has 20 heavy (non-hydrogen) atoms. The van der Waals surface area contributed by atoms with Gasteiger partial charge in [-0.1, -0.05) is 28.1 Å². The van der Waals surface area contributed by atoms with Crippen LogP contribution < -0.4 is 5.32 Å². The molecule has 0 aliphatic rings. The number of carbonyl (C=O) groups is 1. The van der Waals surface area contributed by atoms with Gasteiger partial charge in [0.25, 0.3) is 0 Å². The van der Waals surface area contributed by atoms with Crippen molar-refractivity contribution >= 4 is 27.9 Å². The van der Waals surface area contributed by atoms with Crippen molar-refractivity contribution in [1.29, 1.82) is 0 Å². The summed E-state index contributed by atoms with van der Waals surface area (Å²) >= 11 is 3.48. The molecule has 0 atom stereocenters. The molecule has 2 aromatic rings. The average molecular weight is 334 g/mol. The lowest BCUT2D eigenvalue weighted by atomic mass is 10.1. The van der Waals surface area contributed by atoms with Crippen molar-refractivity contribution in [3.8, 4) is 0 Å². The zero-order valence-electron chi connectivity index (χ0n) is 11.2. The van der Waals surface area contributed by atoms with E-state index in [1.54, 1.807) is 24.7 Å². The molecule has 1 amide bonds. The lowest BCUT2D eigenvalue weighted by Crippen LogP contribution is -2.23. The van der Waals surface area contributed by atoms with E-state index in [2.05, 4.69) is 31.2 Å². The van der Waals surface area contributed by atoms with Gasteiger partial charge >= 0.3 is 0 Å². The summed E-state index contributed by atoms with van der Waals surface area (Å²) in [6.07, 6.45) is 7.47. The quantitative estimate of drug-likeness (QED) is 0.826. The Labute approximate surface area is 126 Å². The fourth-order valence-electron chi connectivity index (χ4n) is 1.73. The van der Waals surface area contributed by atoms with E-state index < -0.39 is 0 Å². The number of rotatable bonds is 5. The maximum absolute atomic E-state index is 11.7. The molecule has 0 radical (unpaired) electrons. The summed E-state index contributed by atoms with van der Waals surface area (Å²) in [6, 6.07) is 6.02. The maximum atomic E-state index is 11.7. The summed E-state index contributed by atoms with van der Waals surface area (Å²) < 4.78 is 0.985. The molecule has 0 unspecified atom stereocenters. The Morgan fingerprint density at radius 3 is 3.05 bits per heavy atom. The number of aryl methyl sites for hydroxylation is 1. The molecule has 2 rings (SSSR count). The van der Waals surface area contributed by atoms with Gasteiger partial charge in [0, 0.05) is 35.4 Å². The van der Waals surface area contributed by atoms with Crippen LogP contribution in [-0.4, -0.2) is 22.4 Å². The monoisotopic (exact) mass is 333 g/mol. The van der Waals surface area contributed by atoms with Crippen LogP contribution in [0.5, 0.6) is 0 Å². The minimum Gasteiger partial charge on any atom is -0.352 e. The molecule has 1 aromatic carbocycles. The number of hydrogen-bond donors (Lipinski definition) is 2. The van der Waals surface area contributed by atoms with Crippen LogP contribution in [0.4, 0.5) is 0 Å². The highest BCUT2D eigenvalue weighted by Crippen LogP contribution is 2.19. The molecule has 1 heterocycles. The highest BCUT2D eigenvalue weighted by molar-refractivity contribution is 9.10. The van der Waals surface area contributed by atoms with E-state index in [9.17, 15) is 4.79 Å². The van der Waals surface area contributed by atoms with Crippen molar-refractivity contribution in [2.45, 2.75) is 13.3 Å². The smallest absolute Gasteiger partial charge is 0.244 e. The first-order chi connectivity index (χ1) is 9.65. The molecule has 5 heteroatoms. The van der Waals surface area contributed by atoms with Crippen molar-refractivity contribution in [1.82, 2.24) is 15.3 Å². The number of imidazole rings is 1. The van der Waals surface area contributed by atoms with Crippen LogP contribution >= 0.6 is 15.9 Å². The zero-order chi connectivity index (χ0) is 14.4. The van der Waals surface area contributed by atoms with Crippen LogP contribution in [-0.2, 0) is 11.2 Å². The summed E-state index contributed by atoms with van der Waals surface area (Å²) in [6.45, 7) is 2.61. The van der Waals surface area contributed by atoms with Crippen molar-refractivity contribution in [3.05, 3.63) is 58.1 Å². The topological polar surface area (TPSA) is 57.8 Å². The van der Waals surface area contributed by atoms with Crippen LogP contribution in [0.3, 0.4) is 0 Å². The van der Waals surface area contributed by atoms with Crippen molar-refractivity contribution in [3.63, 3.8) is 0 Å². The summed E-state index contributed by atoms with van der Waals surface area (Å²) in [5.74, 6) is -0.100. The third kappa shape index (κ3) is 4.35. The normalized spacial score (nSPS) is 10.9. The number of aromatic nitrogens is 2. The van der Waals surface area contributed by atoms with E-state index in [-0.39, 0.29) is 5.91 Å². The Morgan fingerprint density at radius 2 is 2.35 bits per heavy atom. The van der Waals surface area contributed by atoms with Gasteiger partial charge in [-0.2, -0.15) is 0 Å². The van der Waals surface area contributed by atoms with Crippen LogP contribution in [0, 0.1) is 6.92 Å². The van der Waals surface area contributed by atoms with Gasteiger partial charge in [0.15, 0.2) is 0 Å². The first-order valence-corrected chi connectivity index (χ1v) is 7.14. The molecule has 104 valence electrons. The Morgan fingerprint density at radius 1 is 1.50 bits per heavy atom. The Bertz CT molecular complexity index is 606. The van der Waals surface area contributed by atoms with Crippen molar-refractivity contribution in [2.75, 3.05) is 6.54 Å². The number of benzene rings is 1. The Hall–Kier alpha value is -1.88. The standard InChI is InChI=1S/C15H16BrN3O/c1-11-2-3-12(14(16)8-11)4-5-15(20)18-7-6-13-9-17-10-19-13/h2-5,8-10H,6-7H2,1H3,(H,17,19)(H,18,20). The van der Waals surface area contributed by atoms with Crippen LogP contribution in [0.15, 0.2) is 41.3 Å². The first-order valence-electron chi connectivity index (χ1n) is 6.34. The second-order valence-corrected chi connectivity index (χ2v) is 5.33. The van der Waals surface area contributed by atoms with Gasteiger partial charge in [0.2, 0.25) is 5.91 Å². The number of carbonyl (C=O) groups excluding carboxylic acids is 1. The van der Waals surface area contributed by atoms with Gasteiger partial charge in [-0.25, -0.2) is 4.98 Å². The van der Waals surface area contributed by atoms with E-state index in [0.717, 1.165) is 22.2 Å². The van der Waals surface area contributed by atoms with E-state index >= 15 is 0 Å². The first kappa shape index (κ1) is 14.5. The van der Waals surface area contributed by atoms with Gasteiger partial charge in [0.1, 0.15) is 0 Å². The Balaban J connectivity index is 1.83. The number of amides is 1. The van der Waals surface area contributed by atoms with E-state index in [1.807, 2.05) is 25.1 Å². The fourth-order valence-corrected chi connectivity index (χ4v) is 2.36. The fraction of sp³-hybridized carbons (Fsp3) is 0.200. The summed E-state index contributed by atoms with van der Waals surface area (Å²) in [7, 11) is 0. The van der Waals surface area contributed by atoms with Crippen molar-refractivity contribution in [2.24, 2.45) is 0 Å². The number of halogens is 1. The number of H-pyrrole nitrogens is 1. The van der Waals surface area contributed by atoms with Crippen molar-refractivity contribution < 1.29 is 4.79 Å². The summed E-state index contributed by atoms with van der Waals surface area (Å²) in [5.41, 5.74) is 3.17. The lowest BCUT2D eigenvalue weighted by Gasteiger charge is -2.02. The molecule has 0 aliphatic carbocycles. The predicted octanol–water partition coefficient (Wildman–Crippen LogP) is 2.85. The SMILES string of the molecule is Cc1ccc(C=CC(=O)NCCc2cnc[nH]2)c(Br)c1. The number of nitrogens with zero attached hydrogens (tertiary/aromatic N) is 1. The van der Waals surface area contributed by atoms with Gasteiger partial charge < -0.3 is 10.3 Å². The minimum atomic E-state index is -0.100. The molecule has 0 saturated heterocycles. The van der Waals surface area contributed by atoms with Crippen LogP contribution in [0.2, 0.25) is 0 Å². The summed E-state index contributed by atoms with van der Waals surface area (Å²) in [4.78, 5) is 18.6. The highest BCUT2D eigenvalue weighted by Gasteiger charge is 1.99. The van der Waals surface area contributed by atoms with E-state index in [1.165, 1.54) is 5.56 Å². The minimum absolute atomic E-state index is 0.100. The number of aromatic amines is 1. The second kappa shape index (κ2) is 7.05. The van der Waals surface area contributed by atoms with Crippen LogP contribution in [0.25, 0.3) is 6.08 Å². The van der Waals surface area contributed by atoms with E-state index in [4.69, 9.17) is 0 Å². The Kier molecular flexibility index (Phi) is 5.12. The molecule has 4 nitrogen and oxygen atoms in total. The van der Waals surface area contributed by atoms with Crippen LogP contribution in [0.1, 0.15) is 16.8 Å². The summed E-state index contributed by atoms with van der Waals surface area (Å²) in [5, 5.41) is 2.83. The second-order valence-electron chi connectivity index (χ2n) is 4.48. The van der Waals surface area contributed by atoms with Gasteiger partial charge in [-0.05, 0) is 30.2 Å². The molecular formula is C15H16BrN3O. The average Bonchev–Trinajstić information content (AvgIpc) is 2.91. The lowest BCUT2D eigenvalue weighted by molar-refractivity contribution is -0.116. The molecular weight excluding hydrogens is 318 g/mol.